The maximum atomic E-state index is 14.2. The predicted molar refractivity (Wildman–Crippen MR) is 168 cm³/mol. The standard InChI is InChI=1S/C32H37Cl2N3O4S/c1-3-30(32(39)35-26-12-5-4-6-13-26)36(21-24-11-7-8-15-29(24)34)31(38)22-37(27-14-9-10-23(2)20-27)42(40,41)28-18-16-25(33)17-19-28/h7-11,14-20,26,30H,3-6,12-13,21-22H2,1-2H3,(H,35,39)/t30-/m0/s1. The number of hydrogen-bond acceptors (Lipinski definition) is 4. The van der Waals surface area contributed by atoms with Gasteiger partial charge in [-0.1, -0.05) is 79.7 Å². The van der Waals surface area contributed by atoms with Gasteiger partial charge in [0.25, 0.3) is 10.0 Å². The van der Waals surface area contributed by atoms with Crippen molar-refractivity contribution in [3.05, 3.63) is 94.0 Å². The molecule has 1 aliphatic carbocycles. The van der Waals surface area contributed by atoms with E-state index < -0.39 is 28.5 Å². The number of benzene rings is 3. The van der Waals surface area contributed by atoms with Crippen molar-refractivity contribution in [3.63, 3.8) is 0 Å². The van der Waals surface area contributed by atoms with Crippen LogP contribution in [0.2, 0.25) is 10.0 Å². The number of carbonyl (C=O) groups is 2. The molecule has 0 bridgehead atoms. The largest absolute Gasteiger partial charge is 0.352 e. The van der Waals surface area contributed by atoms with Crippen LogP contribution < -0.4 is 9.62 Å². The van der Waals surface area contributed by atoms with E-state index in [0.717, 1.165) is 42.0 Å². The molecule has 0 radical (unpaired) electrons. The summed E-state index contributed by atoms with van der Waals surface area (Å²) in [5, 5.41) is 4.01. The smallest absolute Gasteiger partial charge is 0.264 e. The first kappa shape index (κ1) is 31.9. The molecular formula is C32H37Cl2N3O4S. The predicted octanol–water partition coefficient (Wildman–Crippen LogP) is 6.75. The molecule has 3 aromatic rings. The third-order valence-corrected chi connectivity index (χ3v) is 10.0. The van der Waals surface area contributed by atoms with Crippen LogP contribution >= 0.6 is 23.2 Å². The number of aryl methyl sites for hydroxylation is 1. The van der Waals surface area contributed by atoms with Gasteiger partial charge in [0.15, 0.2) is 0 Å². The number of sulfonamides is 1. The van der Waals surface area contributed by atoms with E-state index in [1.807, 2.05) is 26.0 Å². The molecule has 42 heavy (non-hydrogen) atoms. The number of halogens is 2. The van der Waals surface area contributed by atoms with Crippen LogP contribution in [0.15, 0.2) is 77.7 Å². The van der Waals surface area contributed by atoms with Crippen LogP contribution in [0.3, 0.4) is 0 Å². The molecule has 1 aliphatic rings. The molecule has 4 rings (SSSR count). The fraction of sp³-hybridized carbons (Fsp3) is 0.375. The first-order chi connectivity index (χ1) is 20.1. The second kappa shape index (κ2) is 14.4. The fourth-order valence-electron chi connectivity index (χ4n) is 5.32. The summed E-state index contributed by atoms with van der Waals surface area (Å²) in [6.07, 6.45) is 5.42. The van der Waals surface area contributed by atoms with Crippen LogP contribution in [-0.4, -0.2) is 43.8 Å². The summed E-state index contributed by atoms with van der Waals surface area (Å²) < 4.78 is 29.0. The molecule has 1 N–H and O–H groups in total. The summed E-state index contributed by atoms with van der Waals surface area (Å²) in [7, 11) is -4.17. The van der Waals surface area contributed by atoms with Gasteiger partial charge in [0.2, 0.25) is 11.8 Å². The maximum absolute atomic E-state index is 14.2. The number of carbonyl (C=O) groups excluding carboxylic acids is 2. The van der Waals surface area contributed by atoms with Gasteiger partial charge in [0, 0.05) is 22.6 Å². The molecule has 7 nitrogen and oxygen atoms in total. The zero-order chi connectivity index (χ0) is 30.3. The van der Waals surface area contributed by atoms with Crippen LogP contribution in [0.25, 0.3) is 0 Å². The van der Waals surface area contributed by atoms with Crippen molar-refractivity contribution in [1.82, 2.24) is 10.2 Å². The Hall–Kier alpha value is -3.07. The lowest BCUT2D eigenvalue weighted by Gasteiger charge is -2.34. The Kier molecular flexibility index (Phi) is 10.9. The molecule has 1 saturated carbocycles. The lowest BCUT2D eigenvalue weighted by Crippen LogP contribution is -2.54. The Labute approximate surface area is 258 Å². The summed E-state index contributed by atoms with van der Waals surface area (Å²) in [4.78, 5) is 29.3. The molecule has 224 valence electrons. The fourth-order valence-corrected chi connectivity index (χ4v) is 7.05. The number of nitrogens with zero attached hydrogens (tertiary/aromatic N) is 2. The zero-order valence-corrected chi connectivity index (χ0v) is 26.3. The molecular weight excluding hydrogens is 593 g/mol. The van der Waals surface area contributed by atoms with E-state index >= 15 is 0 Å². The van der Waals surface area contributed by atoms with Crippen LogP contribution in [-0.2, 0) is 26.2 Å². The third-order valence-electron chi connectivity index (χ3n) is 7.61. The minimum absolute atomic E-state index is 0.000873. The van der Waals surface area contributed by atoms with Crippen LogP contribution in [0.1, 0.15) is 56.6 Å². The van der Waals surface area contributed by atoms with Gasteiger partial charge in [-0.15, -0.1) is 0 Å². The van der Waals surface area contributed by atoms with Gasteiger partial charge < -0.3 is 10.2 Å². The molecule has 0 spiro atoms. The number of rotatable bonds is 11. The summed E-state index contributed by atoms with van der Waals surface area (Å²) in [5.41, 5.74) is 1.84. The van der Waals surface area contributed by atoms with Crippen LogP contribution in [0, 0.1) is 6.92 Å². The van der Waals surface area contributed by atoms with Crippen molar-refractivity contribution < 1.29 is 18.0 Å². The number of nitrogens with one attached hydrogen (secondary N) is 1. The van der Waals surface area contributed by atoms with Crippen molar-refractivity contribution in [1.29, 1.82) is 0 Å². The van der Waals surface area contributed by atoms with Crippen LogP contribution in [0.4, 0.5) is 5.69 Å². The summed E-state index contributed by atoms with van der Waals surface area (Å²) in [5.74, 6) is -0.757. The number of amides is 2. The van der Waals surface area contributed by atoms with Crippen LogP contribution in [0.5, 0.6) is 0 Å². The molecule has 10 heteroatoms. The molecule has 1 atom stereocenters. The van der Waals surface area contributed by atoms with E-state index in [0.29, 0.717) is 27.7 Å². The Morgan fingerprint density at radius 1 is 0.952 bits per heavy atom. The van der Waals surface area contributed by atoms with E-state index in [-0.39, 0.29) is 23.4 Å². The first-order valence-electron chi connectivity index (χ1n) is 14.3. The van der Waals surface area contributed by atoms with Gasteiger partial charge in [0.05, 0.1) is 10.6 Å². The van der Waals surface area contributed by atoms with Gasteiger partial charge in [-0.25, -0.2) is 8.42 Å². The Balaban J connectivity index is 1.71. The number of anilines is 1. The SMILES string of the molecule is CC[C@@H](C(=O)NC1CCCCC1)N(Cc1ccccc1Cl)C(=O)CN(c1cccc(C)c1)S(=O)(=O)c1ccc(Cl)cc1. The van der Waals surface area contributed by atoms with Gasteiger partial charge in [-0.3, -0.25) is 13.9 Å². The third kappa shape index (κ3) is 7.85. The topological polar surface area (TPSA) is 86.8 Å². The summed E-state index contributed by atoms with van der Waals surface area (Å²) in [6, 6.07) is 19.2. The van der Waals surface area contributed by atoms with Crippen molar-refractivity contribution >= 4 is 50.7 Å². The van der Waals surface area contributed by atoms with Gasteiger partial charge in [-0.05, 0) is 79.8 Å². The van der Waals surface area contributed by atoms with Crippen molar-refractivity contribution in [2.24, 2.45) is 0 Å². The molecule has 3 aromatic carbocycles. The van der Waals surface area contributed by atoms with E-state index in [4.69, 9.17) is 23.2 Å². The first-order valence-corrected chi connectivity index (χ1v) is 16.5. The lowest BCUT2D eigenvalue weighted by molar-refractivity contribution is -0.140. The van der Waals surface area contributed by atoms with Gasteiger partial charge >= 0.3 is 0 Å². The molecule has 2 amide bonds. The second-order valence-corrected chi connectivity index (χ2v) is 13.4. The van der Waals surface area contributed by atoms with Gasteiger partial charge in [0.1, 0.15) is 12.6 Å². The highest BCUT2D eigenvalue weighted by Gasteiger charge is 2.34. The Morgan fingerprint density at radius 2 is 1.64 bits per heavy atom. The molecule has 0 aliphatic heterocycles. The minimum Gasteiger partial charge on any atom is -0.352 e. The molecule has 0 saturated heterocycles. The summed E-state index contributed by atoms with van der Waals surface area (Å²) in [6.45, 7) is 3.25. The van der Waals surface area contributed by atoms with Gasteiger partial charge in [-0.2, -0.15) is 0 Å². The van der Waals surface area contributed by atoms with E-state index in [1.54, 1.807) is 36.4 Å². The molecule has 0 aromatic heterocycles. The Bertz CT molecular complexity index is 1490. The average Bonchev–Trinajstić information content (AvgIpc) is 2.97. The monoisotopic (exact) mass is 629 g/mol. The molecule has 0 heterocycles. The lowest BCUT2D eigenvalue weighted by atomic mass is 9.95. The van der Waals surface area contributed by atoms with Crippen molar-refractivity contribution in [2.75, 3.05) is 10.8 Å². The van der Waals surface area contributed by atoms with Crippen molar-refractivity contribution in [2.45, 2.75) is 75.9 Å². The van der Waals surface area contributed by atoms with E-state index in [2.05, 4.69) is 5.32 Å². The van der Waals surface area contributed by atoms with Crippen molar-refractivity contribution in [3.8, 4) is 0 Å². The average molecular weight is 631 g/mol. The molecule has 0 unspecified atom stereocenters. The highest BCUT2D eigenvalue weighted by molar-refractivity contribution is 7.92. The number of hydrogen-bond donors (Lipinski definition) is 1. The highest BCUT2D eigenvalue weighted by atomic mass is 35.5. The van der Waals surface area contributed by atoms with E-state index in [1.165, 1.54) is 29.2 Å². The Morgan fingerprint density at radius 3 is 2.29 bits per heavy atom. The quantitative estimate of drug-likeness (QED) is 0.254. The second-order valence-electron chi connectivity index (χ2n) is 10.7. The molecule has 1 fully saturated rings. The normalized spacial score (nSPS) is 14.7. The summed E-state index contributed by atoms with van der Waals surface area (Å²) >= 11 is 12.5. The highest BCUT2D eigenvalue weighted by Crippen LogP contribution is 2.27. The minimum atomic E-state index is -4.17. The maximum Gasteiger partial charge on any atom is 0.264 e. The zero-order valence-electron chi connectivity index (χ0n) is 23.9. The van der Waals surface area contributed by atoms with E-state index in [9.17, 15) is 18.0 Å².